The van der Waals surface area contributed by atoms with Crippen molar-refractivity contribution >= 4 is 17.9 Å². The van der Waals surface area contributed by atoms with E-state index in [9.17, 15) is 0 Å². The zero-order valence-corrected chi connectivity index (χ0v) is 6.79. The molecular weight excluding hydrogens is 160 g/mol. The van der Waals surface area contributed by atoms with Gasteiger partial charge in [-0.2, -0.15) is 0 Å². The summed E-state index contributed by atoms with van der Waals surface area (Å²) in [6.45, 7) is 0.441. The highest BCUT2D eigenvalue weighted by Gasteiger charge is 1.80. The van der Waals surface area contributed by atoms with Crippen LogP contribution in [0, 0.1) is 0 Å². The van der Waals surface area contributed by atoms with Gasteiger partial charge in [0.05, 0.1) is 18.5 Å². The minimum atomic E-state index is 0.441. The predicted octanol–water partition coefficient (Wildman–Crippen LogP) is 2.87. The van der Waals surface area contributed by atoms with Crippen molar-refractivity contribution in [1.29, 1.82) is 0 Å². The monoisotopic (exact) mass is 168 g/mol. The van der Waals surface area contributed by atoms with Gasteiger partial charge in [-0.1, -0.05) is 42.5 Å². The van der Waals surface area contributed by atoms with E-state index >= 15 is 0 Å². The first kappa shape index (κ1) is 8.31. The van der Waals surface area contributed by atoms with Crippen LogP contribution < -0.4 is 0 Å². The lowest BCUT2D eigenvalue weighted by Gasteiger charge is -1.89. The van der Waals surface area contributed by atoms with Gasteiger partial charge in [0.1, 0.15) is 0 Å². The van der Waals surface area contributed by atoms with Crippen molar-refractivity contribution in [3.05, 3.63) is 42.0 Å². The van der Waals surface area contributed by atoms with E-state index in [4.69, 9.17) is 11.9 Å². The molecule has 1 nitrogen and oxygen atoms in total. The number of hydrogen-bond acceptors (Lipinski definition) is 1. The molecule has 0 heterocycles. The van der Waals surface area contributed by atoms with E-state index in [2.05, 4.69) is 4.29 Å². The van der Waals surface area contributed by atoms with Crippen LogP contribution in [0.2, 0.25) is 0 Å². The summed E-state index contributed by atoms with van der Waals surface area (Å²) < 4.78 is 4.35. The van der Waals surface area contributed by atoms with Gasteiger partial charge in [0.15, 0.2) is 0 Å². The zero-order chi connectivity index (χ0) is 7.94. The minimum absolute atomic E-state index is 0.441. The van der Waals surface area contributed by atoms with E-state index in [1.54, 1.807) is 0 Å². The number of benzene rings is 1. The van der Waals surface area contributed by atoms with Crippen molar-refractivity contribution in [2.75, 3.05) is 6.61 Å². The van der Waals surface area contributed by atoms with Crippen molar-refractivity contribution in [1.82, 2.24) is 0 Å². The highest BCUT2D eigenvalue weighted by Crippen LogP contribution is 2.00. The van der Waals surface area contributed by atoms with Crippen molar-refractivity contribution < 1.29 is 4.29 Å². The van der Waals surface area contributed by atoms with Gasteiger partial charge in [-0.25, -0.2) is 0 Å². The van der Waals surface area contributed by atoms with E-state index < -0.39 is 0 Å². The summed E-state index contributed by atoms with van der Waals surface area (Å²) >= 11 is 5.02. The van der Waals surface area contributed by atoms with Crippen LogP contribution in [0.15, 0.2) is 36.4 Å². The quantitative estimate of drug-likeness (QED) is 0.675. The fourth-order valence-electron chi connectivity index (χ4n) is 0.785. The molecule has 0 saturated carbocycles. The van der Waals surface area contributed by atoms with Crippen LogP contribution in [0.4, 0.5) is 0 Å². The van der Waals surface area contributed by atoms with E-state index in [1.807, 2.05) is 42.5 Å². The maximum absolute atomic E-state index is 5.02. The maximum atomic E-state index is 5.02. The number of hydrogen-bond donors (Lipinski definition) is 0. The molecule has 0 radical (unpaired) electrons. The Kier molecular flexibility index (Phi) is 3.73. The van der Waals surface area contributed by atoms with Crippen LogP contribution in [0.5, 0.6) is 0 Å². The molecule has 1 aromatic carbocycles. The van der Waals surface area contributed by atoms with Gasteiger partial charge in [0.25, 0.3) is 0 Å². The lowest BCUT2D eigenvalue weighted by Crippen LogP contribution is -1.74. The van der Waals surface area contributed by atoms with Gasteiger partial charge < -0.3 is 0 Å². The van der Waals surface area contributed by atoms with Gasteiger partial charge in [-0.05, 0) is 5.56 Å². The molecular formula is C9H9ClO. The Morgan fingerprint density at radius 1 is 1.27 bits per heavy atom. The Labute approximate surface area is 71.4 Å². The van der Waals surface area contributed by atoms with Crippen molar-refractivity contribution in [3.63, 3.8) is 0 Å². The first-order chi connectivity index (χ1) is 5.43. The molecule has 0 unspecified atom stereocenters. The predicted molar refractivity (Wildman–Crippen MR) is 47.3 cm³/mol. The Balaban J connectivity index is 2.50. The highest BCUT2D eigenvalue weighted by molar-refractivity contribution is 6.07. The maximum Gasteiger partial charge on any atom is 0.0867 e. The van der Waals surface area contributed by atoms with Gasteiger partial charge in [-0.15, -0.1) is 0 Å². The molecule has 0 fully saturated rings. The molecule has 0 amide bonds. The standard InChI is InChI=1S/C9H9ClO/c10-11-8-4-7-9-5-2-1-3-6-9/h1-7H,8H2. The molecule has 2 heteroatoms. The summed E-state index contributed by atoms with van der Waals surface area (Å²) in [5.41, 5.74) is 1.15. The molecule has 58 valence electrons. The third kappa shape index (κ3) is 3.21. The SMILES string of the molecule is ClOCC=Cc1ccccc1. The molecule has 0 bridgehead atoms. The molecule has 0 spiro atoms. The fourth-order valence-corrected chi connectivity index (χ4v) is 0.857. The average molecular weight is 169 g/mol. The highest BCUT2D eigenvalue weighted by atomic mass is 35.5. The van der Waals surface area contributed by atoms with E-state index in [1.165, 1.54) is 0 Å². The Bertz CT molecular complexity index is 218. The molecule has 0 saturated heterocycles. The van der Waals surface area contributed by atoms with Gasteiger partial charge in [0.2, 0.25) is 0 Å². The largest absolute Gasteiger partial charge is 0.275 e. The smallest absolute Gasteiger partial charge is 0.0867 e. The molecule has 11 heavy (non-hydrogen) atoms. The zero-order valence-electron chi connectivity index (χ0n) is 6.03. The third-order valence-electron chi connectivity index (χ3n) is 1.27. The molecule has 1 aromatic rings. The summed E-state index contributed by atoms with van der Waals surface area (Å²) in [5, 5.41) is 0. The second-order valence-corrected chi connectivity index (χ2v) is 2.31. The average Bonchev–Trinajstić information content (AvgIpc) is 2.07. The van der Waals surface area contributed by atoms with Crippen LogP contribution in [0.3, 0.4) is 0 Å². The van der Waals surface area contributed by atoms with Crippen LogP contribution in [-0.4, -0.2) is 6.61 Å². The van der Waals surface area contributed by atoms with E-state index in [-0.39, 0.29) is 0 Å². The fraction of sp³-hybridized carbons (Fsp3) is 0.111. The van der Waals surface area contributed by atoms with Crippen LogP contribution in [0.25, 0.3) is 6.08 Å². The minimum Gasteiger partial charge on any atom is -0.275 e. The van der Waals surface area contributed by atoms with Gasteiger partial charge in [-0.3, -0.25) is 4.29 Å². The number of halogens is 1. The summed E-state index contributed by atoms with van der Waals surface area (Å²) in [6, 6.07) is 9.99. The lowest BCUT2D eigenvalue weighted by molar-refractivity contribution is 0.405. The molecule has 0 aliphatic carbocycles. The summed E-state index contributed by atoms with van der Waals surface area (Å²) in [7, 11) is 0. The summed E-state index contributed by atoms with van der Waals surface area (Å²) in [6.07, 6.45) is 3.82. The van der Waals surface area contributed by atoms with Crippen LogP contribution >= 0.6 is 11.9 Å². The molecule has 0 atom stereocenters. The van der Waals surface area contributed by atoms with Crippen LogP contribution in [0.1, 0.15) is 5.56 Å². The van der Waals surface area contributed by atoms with Crippen molar-refractivity contribution in [2.45, 2.75) is 0 Å². The number of rotatable bonds is 3. The second-order valence-electron chi connectivity index (χ2n) is 2.09. The summed E-state index contributed by atoms with van der Waals surface area (Å²) in [4.78, 5) is 0. The molecule has 0 aliphatic rings. The van der Waals surface area contributed by atoms with E-state index in [0.29, 0.717) is 6.61 Å². The molecule has 1 rings (SSSR count). The molecule has 0 aliphatic heterocycles. The Hall–Kier alpha value is -0.790. The second kappa shape index (κ2) is 4.94. The Morgan fingerprint density at radius 2 is 2.00 bits per heavy atom. The molecule has 0 aromatic heterocycles. The first-order valence-corrected chi connectivity index (χ1v) is 3.69. The van der Waals surface area contributed by atoms with Gasteiger partial charge >= 0.3 is 0 Å². The summed E-state index contributed by atoms with van der Waals surface area (Å²) in [5.74, 6) is 0. The van der Waals surface area contributed by atoms with Crippen molar-refractivity contribution in [3.8, 4) is 0 Å². The van der Waals surface area contributed by atoms with Gasteiger partial charge in [0, 0.05) is 0 Å². The third-order valence-corrected chi connectivity index (χ3v) is 1.40. The normalized spacial score (nSPS) is 10.6. The van der Waals surface area contributed by atoms with Crippen molar-refractivity contribution in [2.24, 2.45) is 0 Å². The topological polar surface area (TPSA) is 9.23 Å². The van der Waals surface area contributed by atoms with E-state index in [0.717, 1.165) is 5.56 Å². The molecule has 0 N–H and O–H groups in total. The Morgan fingerprint density at radius 3 is 2.64 bits per heavy atom. The first-order valence-electron chi connectivity index (χ1n) is 3.38. The lowest BCUT2D eigenvalue weighted by atomic mass is 10.2. The van der Waals surface area contributed by atoms with Crippen LogP contribution in [-0.2, 0) is 4.29 Å².